The Morgan fingerprint density at radius 1 is 0.893 bits per heavy atom. The number of pyridine rings is 1. The molecular formula is C19H10Cl2N6O. The van der Waals surface area contributed by atoms with Crippen LogP contribution in [-0.2, 0) is 0 Å². The topological polar surface area (TPSA) is 78.0 Å². The molecule has 0 radical (unpaired) electrons. The first kappa shape index (κ1) is 16.9. The highest BCUT2D eigenvalue weighted by molar-refractivity contribution is 6.34. The molecule has 2 aromatic carbocycles. The number of fused-ring (bicyclic) bond motifs is 3. The van der Waals surface area contributed by atoms with Crippen LogP contribution in [0, 0.1) is 0 Å². The van der Waals surface area contributed by atoms with E-state index >= 15 is 0 Å². The minimum atomic E-state index is -0.359. The number of halogens is 2. The van der Waals surface area contributed by atoms with Crippen LogP contribution in [0.1, 0.15) is 0 Å². The molecule has 5 rings (SSSR count). The predicted octanol–water partition coefficient (Wildman–Crippen LogP) is 3.80. The lowest BCUT2D eigenvalue weighted by atomic mass is 10.2. The molecule has 0 saturated carbocycles. The van der Waals surface area contributed by atoms with Crippen molar-refractivity contribution in [3.63, 3.8) is 0 Å². The molecule has 0 amide bonds. The lowest BCUT2D eigenvalue weighted by Gasteiger charge is -2.08. The predicted molar refractivity (Wildman–Crippen MR) is 107 cm³/mol. The summed E-state index contributed by atoms with van der Waals surface area (Å²) in [5.74, 6) is 0.822. The van der Waals surface area contributed by atoms with E-state index in [1.54, 1.807) is 30.5 Å². The minimum Gasteiger partial charge on any atom is -0.282 e. The van der Waals surface area contributed by atoms with Crippen LogP contribution in [0.15, 0.2) is 65.6 Å². The Morgan fingerprint density at radius 2 is 1.64 bits per heavy atom. The van der Waals surface area contributed by atoms with Crippen LogP contribution in [0.2, 0.25) is 10.0 Å². The van der Waals surface area contributed by atoms with Crippen molar-refractivity contribution in [3.8, 4) is 17.1 Å². The van der Waals surface area contributed by atoms with Gasteiger partial charge in [0.1, 0.15) is 5.52 Å². The van der Waals surface area contributed by atoms with E-state index in [0.29, 0.717) is 32.9 Å². The van der Waals surface area contributed by atoms with Gasteiger partial charge in [-0.3, -0.25) is 9.36 Å². The van der Waals surface area contributed by atoms with E-state index in [1.807, 2.05) is 30.3 Å². The van der Waals surface area contributed by atoms with Crippen molar-refractivity contribution in [2.75, 3.05) is 0 Å². The monoisotopic (exact) mass is 408 g/mol. The molecule has 0 bridgehead atoms. The van der Waals surface area contributed by atoms with E-state index in [9.17, 15) is 4.79 Å². The van der Waals surface area contributed by atoms with Crippen molar-refractivity contribution in [1.82, 2.24) is 29.4 Å². The van der Waals surface area contributed by atoms with Crippen molar-refractivity contribution in [2.45, 2.75) is 0 Å². The molecule has 9 heteroatoms. The van der Waals surface area contributed by atoms with Gasteiger partial charge in [0, 0.05) is 21.8 Å². The summed E-state index contributed by atoms with van der Waals surface area (Å²) in [6, 6.07) is 16.2. The molecule has 0 unspecified atom stereocenters. The van der Waals surface area contributed by atoms with E-state index in [4.69, 9.17) is 23.2 Å². The largest absolute Gasteiger partial charge is 0.285 e. The third-order valence-corrected chi connectivity index (χ3v) is 4.70. The Labute approximate surface area is 167 Å². The second-order valence-electron chi connectivity index (χ2n) is 6.07. The van der Waals surface area contributed by atoms with E-state index in [-0.39, 0.29) is 11.1 Å². The first-order valence-corrected chi connectivity index (χ1v) is 9.02. The zero-order valence-corrected chi connectivity index (χ0v) is 15.6. The van der Waals surface area contributed by atoms with Crippen LogP contribution in [0.3, 0.4) is 0 Å². The van der Waals surface area contributed by atoms with Gasteiger partial charge in [-0.15, -0.1) is 15.3 Å². The number of hydrogen-bond donors (Lipinski definition) is 0. The fraction of sp³-hybridized carbons (Fsp3) is 0. The van der Waals surface area contributed by atoms with Crippen LogP contribution < -0.4 is 5.56 Å². The highest BCUT2D eigenvalue weighted by Crippen LogP contribution is 2.22. The van der Waals surface area contributed by atoms with Gasteiger partial charge in [-0.05, 0) is 24.3 Å². The molecule has 0 aliphatic carbocycles. The molecule has 5 aromatic rings. The second-order valence-corrected chi connectivity index (χ2v) is 6.94. The van der Waals surface area contributed by atoms with Gasteiger partial charge in [0.15, 0.2) is 11.3 Å². The Kier molecular flexibility index (Phi) is 3.85. The molecule has 0 spiro atoms. The fourth-order valence-electron chi connectivity index (χ4n) is 3.00. The average molecular weight is 409 g/mol. The van der Waals surface area contributed by atoms with Gasteiger partial charge >= 0.3 is 0 Å². The molecule has 0 fully saturated rings. The highest BCUT2D eigenvalue weighted by Gasteiger charge is 2.14. The molecule has 7 nitrogen and oxygen atoms in total. The molecule has 136 valence electrons. The number of nitrogens with zero attached hydrogens (tertiary/aromatic N) is 6. The van der Waals surface area contributed by atoms with Gasteiger partial charge in [-0.25, -0.2) is 0 Å². The molecule has 3 aromatic heterocycles. The molecule has 0 aliphatic heterocycles. The summed E-state index contributed by atoms with van der Waals surface area (Å²) in [5.41, 5.74) is 1.70. The third kappa shape index (κ3) is 2.72. The van der Waals surface area contributed by atoms with Gasteiger partial charge in [-0.1, -0.05) is 53.5 Å². The van der Waals surface area contributed by atoms with Crippen molar-refractivity contribution < 1.29 is 0 Å². The third-order valence-electron chi connectivity index (χ3n) is 4.26. The van der Waals surface area contributed by atoms with Crippen LogP contribution in [0.5, 0.6) is 0 Å². The molecule has 0 atom stereocenters. The first-order chi connectivity index (χ1) is 13.6. The SMILES string of the molecule is O=c1c2nnc3nc(-c4ccccc4)nn3c2ccn1-c1cc(Cl)cc(Cl)c1. The van der Waals surface area contributed by atoms with Crippen molar-refractivity contribution in [3.05, 3.63) is 81.2 Å². The summed E-state index contributed by atoms with van der Waals surface area (Å²) in [4.78, 5) is 17.4. The summed E-state index contributed by atoms with van der Waals surface area (Å²) in [6.45, 7) is 0. The summed E-state index contributed by atoms with van der Waals surface area (Å²) in [6.07, 6.45) is 1.62. The summed E-state index contributed by atoms with van der Waals surface area (Å²) in [5, 5.41) is 13.5. The van der Waals surface area contributed by atoms with Crippen LogP contribution in [0.4, 0.5) is 0 Å². The average Bonchev–Trinajstić information content (AvgIpc) is 3.13. The van der Waals surface area contributed by atoms with Gasteiger partial charge in [0.05, 0.1) is 5.69 Å². The van der Waals surface area contributed by atoms with Crippen molar-refractivity contribution >= 4 is 40.0 Å². The number of aromatic nitrogens is 6. The Balaban J connectivity index is 1.74. The number of rotatable bonds is 2. The summed E-state index contributed by atoms with van der Waals surface area (Å²) < 4.78 is 2.93. The van der Waals surface area contributed by atoms with Crippen molar-refractivity contribution in [1.29, 1.82) is 0 Å². The maximum Gasteiger partial charge on any atom is 0.285 e. The first-order valence-electron chi connectivity index (χ1n) is 8.27. The van der Waals surface area contributed by atoms with Gasteiger partial charge in [0.25, 0.3) is 11.3 Å². The molecule has 0 N–H and O–H groups in total. The maximum absolute atomic E-state index is 13.0. The number of benzene rings is 2. The molecule has 0 saturated heterocycles. The molecule has 3 heterocycles. The van der Waals surface area contributed by atoms with Crippen LogP contribution >= 0.6 is 23.2 Å². The Morgan fingerprint density at radius 3 is 2.39 bits per heavy atom. The normalized spacial score (nSPS) is 11.4. The number of hydrogen-bond acceptors (Lipinski definition) is 5. The van der Waals surface area contributed by atoms with Crippen LogP contribution in [-0.4, -0.2) is 29.4 Å². The lowest BCUT2D eigenvalue weighted by Crippen LogP contribution is -2.20. The van der Waals surface area contributed by atoms with E-state index in [0.717, 1.165) is 5.56 Å². The van der Waals surface area contributed by atoms with E-state index in [2.05, 4.69) is 20.3 Å². The smallest absolute Gasteiger partial charge is 0.282 e. The fourth-order valence-corrected chi connectivity index (χ4v) is 3.51. The molecular weight excluding hydrogens is 399 g/mol. The van der Waals surface area contributed by atoms with E-state index < -0.39 is 0 Å². The Bertz CT molecular complexity index is 1390. The molecule has 28 heavy (non-hydrogen) atoms. The lowest BCUT2D eigenvalue weighted by molar-refractivity contribution is 0.915. The van der Waals surface area contributed by atoms with Gasteiger partial charge < -0.3 is 0 Å². The molecule has 0 aliphatic rings. The van der Waals surface area contributed by atoms with E-state index in [1.165, 1.54) is 9.08 Å². The zero-order valence-electron chi connectivity index (χ0n) is 14.1. The van der Waals surface area contributed by atoms with Crippen molar-refractivity contribution in [2.24, 2.45) is 0 Å². The quantitative estimate of drug-likeness (QED) is 0.443. The zero-order chi connectivity index (χ0) is 19.3. The van der Waals surface area contributed by atoms with Gasteiger partial charge in [-0.2, -0.15) is 9.50 Å². The highest BCUT2D eigenvalue weighted by atomic mass is 35.5. The second kappa shape index (κ2) is 6.40. The van der Waals surface area contributed by atoms with Crippen LogP contribution in [0.25, 0.3) is 33.9 Å². The standard InChI is InChI=1S/C19H10Cl2N6O/c20-12-8-13(21)10-14(9-12)26-7-6-15-16(18(26)28)23-24-19-22-17(25-27(15)19)11-4-2-1-3-5-11/h1-10H. The van der Waals surface area contributed by atoms with Gasteiger partial charge in [0.2, 0.25) is 0 Å². The Hall–Kier alpha value is -3.29. The maximum atomic E-state index is 13.0. The minimum absolute atomic E-state index is 0.163. The summed E-state index contributed by atoms with van der Waals surface area (Å²) >= 11 is 12.1. The summed E-state index contributed by atoms with van der Waals surface area (Å²) in [7, 11) is 0.